The lowest BCUT2D eigenvalue weighted by atomic mass is 10.1. The first-order valence-electron chi connectivity index (χ1n) is 7.55. The number of rotatable bonds is 5. The highest BCUT2D eigenvalue weighted by atomic mass is 35.5. The summed E-state index contributed by atoms with van der Waals surface area (Å²) in [5.74, 6) is -1.13. The molecule has 138 valence electrons. The average Bonchev–Trinajstić information content (AvgIpc) is 3.03. The summed E-state index contributed by atoms with van der Waals surface area (Å²) in [6.45, 7) is 3.06. The topological polar surface area (TPSA) is 49.4 Å². The van der Waals surface area contributed by atoms with Gasteiger partial charge in [0.25, 0.3) is 0 Å². The molecule has 0 unspecified atom stereocenters. The van der Waals surface area contributed by atoms with Crippen molar-refractivity contribution in [3.8, 4) is 0 Å². The summed E-state index contributed by atoms with van der Waals surface area (Å²) < 4.78 is 37.7. The summed E-state index contributed by atoms with van der Waals surface area (Å²) in [6, 6.07) is 4.64. The van der Waals surface area contributed by atoms with E-state index in [9.17, 15) is 22.8 Å². The Balaban J connectivity index is 2.09. The monoisotopic (exact) mass is 396 g/mol. The molecule has 1 aromatic rings. The summed E-state index contributed by atoms with van der Waals surface area (Å²) in [6.07, 6.45) is -4.33. The third kappa shape index (κ3) is 4.03. The summed E-state index contributed by atoms with van der Waals surface area (Å²) in [5, 5.41) is 2.21. The minimum Gasteiger partial charge on any atom is -0.333 e. The number of amides is 2. The van der Waals surface area contributed by atoms with E-state index >= 15 is 0 Å². The molecule has 25 heavy (non-hydrogen) atoms. The largest absolute Gasteiger partial charge is 0.418 e. The Morgan fingerprint density at radius 1 is 1.28 bits per heavy atom. The van der Waals surface area contributed by atoms with Crippen LogP contribution >= 0.6 is 23.2 Å². The summed E-state index contributed by atoms with van der Waals surface area (Å²) >= 11 is 11.9. The van der Waals surface area contributed by atoms with E-state index in [2.05, 4.69) is 5.32 Å². The molecule has 0 radical (unpaired) electrons. The molecule has 2 rings (SSSR count). The molecule has 0 heterocycles. The van der Waals surface area contributed by atoms with Gasteiger partial charge in [-0.05, 0) is 32.4 Å². The molecule has 1 atom stereocenters. The molecule has 1 N–H and O–H groups in total. The Hall–Kier alpha value is -1.47. The average molecular weight is 397 g/mol. The molecule has 0 aromatic heterocycles. The predicted octanol–water partition coefficient (Wildman–Crippen LogP) is 4.08. The number of carbonyl (C=O) groups is 2. The number of hydrogen-bond donors (Lipinski definition) is 1. The number of likely N-dealkylation sites (N-methyl/N-ethyl adjacent to an activating group) is 1. The first kappa shape index (κ1) is 19.8. The molecular formula is C16H17Cl2F3N2O2. The van der Waals surface area contributed by atoms with Crippen molar-refractivity contribution in [3.05, 3.63) is 29.8 Å². The Morgan fingerprint density at radius 3 is 2.32 bits per heavy atom. The van der Waals surface area contributed by atoms with Gasteiger partial charge in [-0.1, -0.05) is 12.1 Å². The molecule has 1 fully saturated rings. The maximum atomic E-state index is 13.0. The fourth-order valence-corrected chi connectivity index (χ4v) is 3.21. The Morgan fingerprint density at radius 2 is 1.84 bits per heavy atom. The number of carbonyl (C=O) groups excluding carboxylic acids is 2. The number of para-hydroxylation sites is 1. The van der Waals surface area contributed by atoms with Gasteiger partial charge in [-0.2, -0.15) is 13.2 Å². The van der Waals surface area contributed by atoms with Crippen molar-refractivity contribution in [1.82, 2.24) is 4.90 Å². The van der Waals surface area contributed by atoms with Gasteiger partial charge in [0.05, 0.1) is 23.2 Å². The van der Waals surface area contributed by atoms with Gasteiger partial charge in [0.2, 0.25) is 11.8 Å². The molecule has 0 bridgehead atoms. The van der Waals surface area contributed by atoms with Crippen molar-refractivity contribution >= 4 is 40.7 Å². The zero-order valence-electron chi connectivity index (χ0n) is 13.6. The minimum absolute atomic E-state index is 0.201. The lowest BCUT2D eigenvalue weighted by Gasteiger charge is -2.25. The van der Waals surface area contributed by atoms with Crippen molar-refractivity contribution in [2.24, 2.45) is 5.41 Å². The van der Waals surface area contributed by atoms with Gasteiger partial charge in [-0.15, -0.1) is 23.2 Å². The van der Waals surface area contributed by atoms with Gasteiger partial charge < -0.3 is 10.2 Å². The zero-order valence-corrected chi connectivity index (χ0v) is 15.1. The molecule has 1 saturated carbocycles. The van der Waals surface area contributed by atoms with Crippen molar-refractivity contribution in [1.29, 1.82) is 0 Å². The molecule has 4 nitrogen and oxygen atoms in total. The smallest absolute Gasteiger partial charge is 0.333 e. The van der Waals surface area contributed by atoms with E-state index in [1.807, 2.05) is 0 Å². The molecule has 1 aromatic carbocycles. The van der Waals surface area contributed by atoms with E-state index in [-0.39, 0.29) is 25.2 Å². The molecule has 0 saturated heterocycles. The summed E-state index contributed by atoms with van der Waals surface area (Å²) in [4.78, 5) is 25.8. The number of nitrogens with zero attached hydrogens (tertiary/aromatic N) is 1. The van der Waals surface area contributed by atoms with Crippen LogP contribution < -0.4 is 5.32 Å². The van der Waals surface area contributed by atoms with E-state index < -0.39 is 33.3 Å². The highest BCUT2D eigenvalue weighted by Crippen LogP contribution is 2.64. The van der Waals surface area contributed by atoms with Crippen molar-refractivity contribution in [3.63, 3.8) is 0 Å². The molecule has 2 amide bonds. The van der Waals surface area contributed by atoms with Gasteiger partial charge in [0.15, 0.2) is 0 Å². The maximum absolute atomic E-state index is 13.0. The second-order valence-corrected chi connectivity index (χ2v) is 7.61. The predicted molar refractivity (Wildman–Crippen MR) is 89.5 cm³/mol. The summed E-state index contributed by atoms with van der Waals surface area (Å²) in [5.41, 5.74) is -2.30. The van der Waals surface area contributed by atoms with E-state index in [0.717, 1.165) is 12.1 Å². The highest BCUT2D eigenvalue weighted by molar-refractivity contribution is 6.53. The molecular weight excluding hydrogens is 380 g/mol. The lowest BCUT2D eigenvalue weighted by Crippen LogP contribution is -2.42. The van der Waals surface area contributed by atoms with Crippen LogP contribution in [0.1, 0.15) is 25.8 Å². The van der Waals surface area contributed by atoms with Crippen LogP contribution in [0.15, 0.2) is 24.3 Å². The van der Waals surface area contributed by atoms with Crippen molar-refractivity contribution < 1.29 is 22.8 Å². The van der Waals surface area contributed by atoms with Crippen LogP contribution in [0.25, 0.3) is 0 Å². The SMILES string of the molecule is CCN(CC(=O)Nc1ccccc1C(F)(F)F)C(=O)[C@]1(C)CC1(Cl)Cl. The van der Waals surface area contributed by atoms with Gasteiger partial charge in [-0.25, -0.2) is 0 Å². The minimum atomic E-state index is -4.59. The van der Waals surface area contributed by atoms with E-state index in [0.29, 0.717) is 0 Å². The molecule has 9 heteroatoms. The maximum Gasteiger partial charge on any atom is 0.418 e. The number of benzene rings is 1. The highest BCUT2D eigenvalue weighted by Gasteiger charge is 2.68. The zero-order chi connectivity index (χ0) is 19.0. The second kappa shape index (κ2) is 6.68. The van der Waals surface area contributed by atoms with E-state index in [4.69, 9.17) is 23.2 Å². The quantitative estimate of drug-likeness (QED) is 0.762. The van der Waals surface area contributed by atoms with E-state index in [1.165, 1.54) is 17.0 Å². The fourth-order valence-electron chi connectivity index (χ4n) is 2.51. The van der Waals surface area contributed by atoms with Crippen molar-refractivity contribution in [2.75, 3.05) is 18.4 Å². The molecule has 0 spiro atoms. The van der Waals surface area contributed by atoms with Gasteiger partial charge in [-0.3, -0.25) is 9.59 Å². The standard InChI is InChI=1S/C16H17Cl2F3N2O2/c1-3-23(13(25)14(2)9-15(14,17)18)8-12(24)22-11-7-5-4-6-10(11)16(19,20)21/h4-7H,3,8-9H2,1-2H3,(H,22,24)/t14-/m0/s1. The number of nitrogens with one attached hydrogen (secondary N) is 1. The Labute approximate surface area is 153 Å². The molecule has 0 aliphatic heterocycles. The van der Waals surface area contributed by atoms with Crippen LogP contribution in [0.4, 0.5) is 18.9 Å². The van der Waals surface area contributed by atoms with Crippen LogP contribution in [0.2, 0.25) is 0 Å². The van der Waals surface area contributed by atoms with Crippen molar-refractivity contribution in [2.45, 2.75) is 30.8 Å². The van der Waals surface area contributed by atoms with Crippen LogP contribution in [-0.4, -0.2) is 34.1 Å². The molecule has 1 aliphatic carbocycles. The fraction of sp³-hybridized carbons (Fsp3) is 0.500. The van der Waals surface area contributed by atoms with Crippen LogP contribution in [0.5, 0.6) is 0 Å². The third-order valence-corrected chi connectivity index (χ3v) is 5.34. The third-order valence-electron chi connectivity index (χ3n) is 4.24. The van der Waals surface area contributed by atoms with Crippen LogP contribution in [0.3, 0.4) is 0 Å². The van der Waals surface area contributed by atoms with E-state index in [1.54, 1.807) is 13.8 Å². The number of anilines is 1. The van der Waals surface area contributed by atoms with Crippen LogP contribution in [0, 0.1) is 5.41 Å². The van der Waals surface area contributed by atoms with Gasteiger partial charge >= 0.3 is 6.18 Å². The number of alkyl halides is 5. The summed E-state index contributed by atoms with van der Waals surface area (Å²) in [7, 11) is 0. The second-order valence-electron chi connectivity index (χ2n) is 6.12. The van der Waals surface area contributed by atoms with Gasteiger partial charge in [0.1, 0.15) is 4.33 Å². The normalized spacial score (nSPS) is 21.6. The number of hydrogen-bond acceptors (Lipinski definition) is 2. The first-order chi connectivity index (χ1) is 11.4. The molecule has 1 aliphatic rings. The van der Waals surface area contributed by atoms with Crippen LogP contribution in [-0.2, 0) is 15.8 Å². The Kier molecular flexibility index (Phi) is 5.31. The van der Waals surface area contributed by atoms with Gasteiger partial charge in [0, 0.05) is 6.54 Å². The first-order valence-corrected chi connectivity index (χ1v) is 8.31. The Bertz CT molecular complexity index is 694. The lowest BCUT2D eigenvalue weighted by molar-refractivity contribution is -0.139. The number of halogens is 5.